The number of nitrogens with two attached hydrogens (primary N) is 1. The molecule has 0 atom stereocenters. The fourth-order valence-corrected chi connectivity index (χ4v) is 1.37. The SMILES string of the molecule is CCN(CCOC)c1nc(N)nc(OC(C)C)n1. The van der Waals surface area contributed by atoms with Crippen LogP contribution in [-0.2, 0) is 4.74 Å². The van der Waals surface area contributed by atoms with Crippen LogP contribution in [-0.4, -0.2) is 47.9 Å². The maximum Gasteiger partial charge on any atom is 0.323 e. The van der Waals surface area contributed by atoms with Gasteiger partial charge in [-0.3, -0.25) is 0 Å². The summed E-state index contributed by atoms with van der Waals surface area (Å²) in [4.78, 5) is 14.3. The molecule has 1 heterocycles. The molecule has 0 radical (unpaired) electrons. The summed E-state index contributed by atoms with van der Waals surface area (Å²) in [6, 6.07) is 0.253. The van der Waals surface area contributed by atoms with E-state index in [1.165, 1.54) is 0 Å². The van der Waals surface area contributed by atoms with E-state index in [9.17, 15) is 0 Å². The van der Waals surface area contributed by atoms with Crippen LogP contribution in [0.2, 0.25) is 0 Å². The molecule has 18 heavy (non-hydrogen) atoms. The summed E-state index contributed by atoms with van der Waals surface area (Å²) in [7, 11) is 1.66. The standard InChI is InChI=1S/C11H21N5O2/c1-5-16(6-7-17-4)10-13-9(12)14-11(15-10)18-8(2)3/h8H,5-7H2,1-4H3,(H2,12,13,14,15). The molecule has 0 aliphatic heterocycles. The topological polar surface area (TPSA) is 86.4 Å². The van der Waals surface area contributed by atoms with E-state index in [-0.39, 0.29) is 18.1 Å². The Bertz CT molecular complexity index is 372. The van der Waals surface area contributed by atoms with Crippen LogP contribution in [0.15, 0.2) is 0 Å². The lowest BCUT2D eigenvalue weighted by molar-refractivity contribution is 0.204. The molecule has 102 valence electrons. The average Bonchev–Trinajstić information content (AvgIpc) is 2.28. The molecule has 1 aromatic heterocycles. The maximum atomic E-state index is 5.66. The Balaban J connectivity index is 2.88. The molecule has 7 heteroatoms. The van der Waals surface area contributed by atoms with Crippen LogP contribution in [0.4, 0.5) is 11.9 Å². The van der Waals surface area contributed by atoms with E-state index in [2.05, 4.69) is 15.0 Å². The number of nitrogens with zero attached hydrogens (tertiary/aromatic N) is 4. The minimum atomic E-state index is -0.00583. The van der Waals surface area contributed by atoms with Gasteiger partial charge >= 0.3 is 6.01 Å². The van der Waals surface area contributed by atoms with Crippen molar-refractivity contribution in [2.75, 3.05) is 37.4 Å². The van der Waals surface area contributed by atoms with E-state index in [1.54, 1.807) is 7.11 Å². The average molecular weight is 255 g/mol. The molecular formula is C11H21N5O2. The van der Waals surface area contributed by atoms with Crippen molar-refractivity contribution < 1.29 is 9.47 Å². The van der Waals surface area contributed by atoms with Crippen molar-refractivity contribution in [3.63, 3.8) is 0 Å². The summed E-state index contributed by atoms with van der Waals surface area (Å²) < 4.78 is 10.5. The zero-order chi connectivity index (χ0) is 13.5. The maximum absolute atomic E-state index is 5.66. The van der Waals surface area contributed by atoms with Crippen molar-refractivity contribution in [2.45, 2.75) is 26.9 Å². The third-order valence-corrected chi connectivity index (χ3v) is 2.19. The molecule has 0 aliphatic rings. The number of anilines is 2. The van der Waals surface area contributed by atoms with Gasteiger partial charge in [0.05, 0.1) is 12.7 Å². The van der Waals surface area contributed by atoms with E-state index in [4.69, 9.17) is 15.2 Å². The van der Waals surface area contributed by atoms with E-state index in [0.29, 0.717) is 19.1 Å². The first-order valence-corrected chi connectivity index (χ1v) is 5.98. The predicted molar refractivity (Wildman–Crippen MR) is 69.8 cm³/mol. The van der Waals surface area contributed by atoms with E-state index < -0.39 is 0 Å². The Morgan fingerprint density at radius 1 is 1.28 bits per heavy atom. The molecular weight excluding hydrogens is 234 g/mol. The molecule has 0 spiro atoms. The van der Waals surface area contributed by atoms with Crippen molar-refractivity contribution >= 4 is 11.9 Å². The number of nitrogen functional groups attached to an aromatic ring is 1. The summed E-state index contributed by atoms with van der Waals surface area (Å²) in [5.41, 5.74) is 5.66. The molecule has 7 nitrogen and oxygen atoms in total. The van der Waals surface area contributed by atoms with Crippen LogP contribution in [0.1, 0.15) is 20.8 Å². The highest BCUT2D eigenvalue weighted by Gasteiger charge is 2.12. The first kappa shape index (κ1) is 14.4. The van der Waals surface area contributed by atoms with E-state index >= 15 is 0 Å². The molecule has 0 aromatic carbocycles. The summed E-state index contributed by atoms with van der Waals surface area (Å²) in [5.74, 6) is 0.671. The number of hydrogen-bond acceptors (Lipinski definition) is 7. The number of aromatic nitrogens is 3. The molecule has 0 saturated heterocycles. The molecule has 1 rings (SSSR count). The largest absolute Gasteiger partial charge is 0.461 e. The van der Waals surface area contributed by atoms with Gasteiger partial charge in [-0.25, -0.2) is 0 Å². The first-order chi connectivity index (χ1) is 8.56. The minimum Gasteiger partial charge on any atom is -0.461 e. The lowest BCUT2D eigenvalue weighted by Gasteiger charge is -2.20. The van der Waals surface area contributed by atoms with Gasteiger partial charge in [0.25, 0.3) is 0 Å². The number of hydrogen-bond donors (Lipinski definition) is 1. The van der Waals surface area contributed by atoms with Crippen molar-refractivity contribution in [2.24, 2.45) is 0 Å². The van der Waals surface area contributed by atoms with Crippen molar-refractivity contribution in [1.82, 2.24) is 15.0 Å². The normalized spacial score (nSPS) is 10.7. The first-order valence-electron chi connectivity index (χ1n) is 5.98. The van der Waals surface area contributed by atoms with Gasteiger partial charge in [0, 0.05) is 20.2 Å². The van der Waals surface area contributed by atoms with Gasteiger partial charge in [-0.15, -0.1) is 0 Å². The van der Waals surface area contributed by atoms with Gasteiger partial charge in [-0.2, -0.15) is 15.0 Å². The van der Waals surface area contributed by atoms with Gasteiger partial charge in [-0.05, 0) is 20.8 Å². The highest BCUT2D eigenvalue weighted by molar-refractivity contribution is 5.35. The Morgan fingerprint density at radius 3 is 2.56 bits per heavy atom. The quantitative estimate of drug-likeness (QED) is 0.768. The molecule has 0 bridgehead atoms. The lowest BCUT2D eigenvalue weighted by atomic mass is 10.5. The van der Waals surface area contributed by atoms with Crippen LogP contribution < -0.4 is 15.4 Å². The smallest absolute Gasteiger partial charge is 0.323 e. The van der Waals surface area contributed by atoms with Crippen LogP contribution >= 0.6 is 0 Å². The Kier molecular flexibility index (Phi) is 5.57. The summed E-state index contributed by atoms with van der Waals surface area (Å²) in [6.45, 7) is 7.87. The number of likely N-dealkylation sites (N-methyl/N-ethyl adjacent to an activating group) is 1. The van der Waals surface area contributed by atoms with Gasteiger partial charge in [0.2, 0.25) is 11.9 Å². The lowest BCUT2D eigenvalue weighted by Crippen LogP contribution is -2.29. The molecule has 2 N–H and O–H groups in total. The fourth-order valence-electron chi connectivity index (χ4n) is 1.37. The van der Waals surface area contributed by atoms with Crippen LogP contribution in [0.5, 0.6) is 6.01 Å². The van der Waals surface area contributed by atoms with Crippen LogP contribution in [0.25, 0.3) is 0 Å². The second kappa shape index (κ2) is 6.95. The summed E-state index contributed by atoms with van der Waals surface area (Å²) in [5, 5.41) is 0. The zero-order valence-corrected chi connectivity index (χ0v) is 11.4. The third kappa shape index (κ3) is 4.33. The van der Waals surface area contributed by atoms with E-state index in [1.807, 2.05) is 25.7 Å². The number of ether oxygens (including phenoxy) is 2. The Labute approximate surface area is 107 Å². The Hall–Kier alpha value is -1.63. The van der Waals surface area contributed by atoms with Crippen molar-refractivity contribution in [3.05, 3.63) is 0 Å². The monoisotopic (exact) mass is 255 g/mol. The van der Waals surface area contributed by atoms with Crippen molar-refractivity contribution in [3.8, 4) is 6.01 Å². The van der Waals surface area contributed by atoms with E-state index in [0.717, 1.165) is 6.54 Å². The van der Waals surface area contributed by atoms with Gasteiger partial charge in [0.1, 0.15) is 0 Å². The molecule has 0 fully saturated rings. The summed E-state index contributed by atoms with van der Waals surface area (Å²) >= 11 is 0. The highest BCUT2D eigenvalue weighted by Crippen LogP contribution is 2.14. The second-order valence-corrected chi connectivity index (χ2v) is 4.02. The molecule has 0 saturated carbocycles. The van der Waals surface area contributed by atoms with Gasteiger partial charge < -0.3 is 20.1 Å². The fraction of sp³-hybridized carbons (Fsp3) is 0.727. The van der Waals surface area contributed by atoms with Crippen LogP contribution in [0, 0.1) is 0 Å². The molecule has 0 unspecified atom stereocenters. The highest BCUT2D eigenvalue weighted by atomic mass is 16.5. The number of methoxy groups -OCH3 is 1. The van der Waals surface area contributed by atoms with Gasteiger partial charge in [-0.1, -0.05) is 0 Å². The second-order valence-electron chi connectivity index (χ2n) is 4.02. The number of rotatable bonds is 7. The summed E-state index contributed by atoms with van der Waals surface area (Å²) in [6.07, 6.45) is -0.00583. The van der Waals surface area contributed by atoms with Crippen LogP contribution in [0.3, 0.4) is 0 Å². The molecule has 1 aromatic rings. The van der Waals surface area contributed by atoms with Crippen molar-refractivity contribution in [1.29, 1.82) is 0 Å². The third-order valence-electron chi connectivity index (χ3n) is 2.19. The zero-order valence-electron chi connectivity index (χ0n) is 11.4. The predicted octanol–water partition coefficient (Wildman–Crippen LogP) is 0.714. The molecule has 0 amide bonds. The Morgan fingerprint density at radius 2 is 2.00 bits per heavy atom. The molecule has 0 aliphatic carbocycles. The van der Waals surface area contributed by atoms with Gasteiger partial charge in [0.15, 0.2) is 0 Å². The minimum absolute atomic E-state index is 0.00583.